The minimum Gasteiger partial charge on any atom is -0.334 e. The molecule has 1 aliphatic rings. The topological polar surface area (TPSA) is 65.1 Å². The fourth-order valence-corrected chi connectivity index (χ4v) is 2.25. The molecule has 0 aliphatic carbocycles. The second-order valence-electron chi connectivity index (χ2n) is 4.97. The van der Waals surface area contributed by atoms with Gasteiger partial charge in [0.2, 0.25) is 5.82 Å². The molecular weight excluding hydrogens is 230 g/mol. The molecule has 1 amide bonds. The molecule has 1 N–H and O–H groups in total. The van der Waals surface area contributed by atoms with Gasteiger partial charge in [0.1, 0.15) is 5.82 Å². The van der Waals surface area contributed by atoms with Crippen molar-refractivity contribution in [3.63, 3.8) is 0 Å². The Kier molecular flexibility index (Phi) is 3.96. The van der Waals surface area contributed by atoms with Crippen LogP contribution in [0.1, 0.15) is 36.2 Å². The van der Waals surface area contributed by atoms with Crippen molar-refractivity contribution in [1.82, 2.24) is 25.0 Å². The molecule has 1 aromatic heterocycles. The van der Waals surface area contributed by atoms with Crippen LogP contribution in [0.3, 0.4) is 0 Å². The van der Waals surface area contributed by atoms with E-state index in [9.17, 15) is 4.79 Å². The smallest absolute Gasteiger partial charge is 0.293 e. The highest BCUT2D eigenvalue weighted by atomic mass is 16.2. The summed E-state index contributed by atoms with van der Waals surface area (Å²) in [7, 11) is 4.11. The molecule has 1 aliphatic heterocycles. The van der Waals surface area contributed by atoms with E-state index in [1.165, 1.54) is 0 Å². The van der Waals surface area contributed by atoms with Crippen molar-refractivity contribution in [3.05, 3.63) is 11.6 Å². The molecule has 2 rings (SSSR count). The van der Waals surface area contributed by atoms with Crippen molar-refractivity contribution in [2.75, 3.05) is 27.2 Å². The lowest BCUT2D eigenvalue weighted by atomic mass is 10.0. The van der Waals surface area contributed by atoms with Gasteiger partial charge in [0.25, 0.3) is 5.91 Å². The standard InChI is InChI=1S/C12H21N5O/c1-4-10-13-11(15-14-10)12(18)17-7-5-6-9(8-17)16(2)3/h9H,4-8H2,1-3H3,(H,13,14,15). The highest BCUT2D eigenvalue weighted by molar-refractivity contribution is 5.90. The fraction of sp³-hybridized carbons (Fsp3) is 0.750. The maximum atomic E-state index is 12.3. The van der Waals surface area contributed by atoms with Crippen LogP contribution in [0.5, 0.6) is 0 Å². The van der Waals surface area contributed by atoms with Crippen LogP contribution in [0.25, 0.3) is 0 Å². The molecular formula is C12H21N5O. The Hall–Kier alpha value is -1.43. The molecule has 6 nitrogen and oxygen atoms in total. The highest BCUT2D eigenvalue weighted by Gasteiger charge is 2.27. The summed E-state index contributed by atoms with van der Waals surface area (Å²) in [5, 5.41) is 6.78. The number of nitrogens with zero attached hydrogens (tertiary/aromatic N) is 4. The van der Waals surface area contributed by atoms with Gasteiger partial charge in [-0.1, -0.05) is 6.92 Å². The number of hydrogen-bond acceptors (Lipinski definition) is 4. The van der Waals surface area contributed by atoms with Gasteiger partial charge in [-0.05, 0) is 26.9 Å². The number of H-pyrrole nitrogens is 1. The van der Waals surface area contributed by atoms with Gasteiger partial charge < -0.3 is 9.80 Å². The van der Waals surface area contributed by atoms with Gasteiger partial charge in [0.15, 0.2) is 0 Å². The number of aryl methyl sites for hydroxylation is 1. The summed E-state index contributed by atoms with van der Waals surface area (Å²) in [5.41, 5.74) is 0. The van der Waals surface area contributed by atoms with Crippen LogP contribution in [0, 0.1) is 0 Å². The zero-order chi connectivity index (χ0) is 13.1. The first-order chi connectivity index (χ1) is 8.61. The van der Waals surface area contributed by atoms with Crippen LogP contribution in [0.2, 0.25) is 0 Å². The van der Waals surface area contributed by atoms with E-state index in [1.807, 2.05) is 11.8 Å². The largest absolute Gasteiger partial charge is 0.334 e. The number of hydrogen-bond donors (Lipinski definition) is 1. The normalized spacial score (nSPS) is 20.4. The second kappa shape index (κ2) is 5.48. The lowest BCUT2D eigenvalue weighted by Crippen LogP contribution is -2.47. The molecule has 6 heteroatoms. The zero-order valence-electron chi connectivity index (χ0n) is 11.3. The van der Waals surface area contributed by atoms with Crippen molar-refractivity contribution in [2.45, 2.75) is 32.2 Å². The van der Waals surface area contributed by atoms with E-state index in [4.69, 9.17) is 0 Å². The Bertz CT molecular complexity index is 414. The maximum Gasteiger partial charge on any atom is 0.293 e. The predicted octanol–water partition coefficient (Wildman–Crippen LogP) is 0.533. The third-order valence-electron chi connectivity index (χ3n) is 3.47. The molecule has 2 heterocycles. The van der Waals surface area contributed by atoms with E-state index in [0.717, 1.165) is 38.2 Å². The van der Waals surface area contributed by atoms with Crippen molar-refractivity contribution in [1.29, 1.82) is 0 Å². The van der Waals surface area contributed by atoms with Crippen LogP contribution < -0.4 is 0 Å². The summed E-state index contributed by atoms with van der Waals surface area (Å²) in [6.07, 6.45) is 2.95. The summed E-state index contributed by atoms with van der Waals surface area (Å²) >= 11 is 0. The SMILES string of the molecule is CCc1nc(C(=O)N2CCCC(N(C)C)C2)n[nH]1. The van der Waals surface area contributed by atoms with Gasteiger partial charge in [0, 0.05) is 25.6 Å². The van der Waals surface area contributed by atoms with Gasteiger partial charge in [0.05, 0.1) is 0 Å². The third-order valence-corrected chi connectivity index (χ3v) is 3.47. The minimum absolute atomic E-state index is 0.0579. The average molecular weight is 251 g/mol. The maximum absolute atomic E-state index is 12.3. The van der Waals surface area contributed by atoms with Crippen molar-refractivity contribution >= 4 is 5.91 Å². The molecule has 1 saturated heterocycles. The van der Waals surface area contributed by atoms with Gasteiger partial charge in [-0.25, -0.2) is 4.98 Å². The first kappa shape index (κ1) is 13.0. The minimum atomic E-state index is -0.0579. The van der Waals surface area contributed by atoms with Crippen LogP contribution in [0.15, 0.2) is 0 Å². The Morgan fingerprint density at radius 2 is 2.33 bits per heavy atom. The third kappa shape index (κ3) is 2.69. The summed E-state index contributed by atoms with van der Waals surface area (Å²) < 4.78 is 0. The summed E-state index contributed by atoms with van der Waals surface area (Å²) in [6.45, 7) is 3.55. The van der Waals surface area contributed by atoms with Crippen molar-refractivity contribution in [2.24, 2.45) is 0 Å². The average Bonchev–Trinajstić information content (AvgIpc) is 2.86. The fourth-order valence-electron chi connectivity index (χ4n) is 2.25. The molecule has 100 valence electrons. The number of piperidine rings is 1. The molecule has 0 bridgehead atoms. The number of carbonyl (C=O) groups is 1. The first-order valence-corrected chi connectivity index (χ1v) is 6.48. The Balaban J connectivity index is 2.04. The van der Waals surface area contributed by atoms with Gasteiger partial charge in [-0.3, -0.25) is 9.89 Å². The van der Waals surface area contributed by atoms with E-state index in [1.54, 1.807) is 0 Å². The monoisotopic (exact) mass is 251 g/mol. The lowest BCUT2D eigenvalue weighted by molar-refractivity contribution is 0.0623. The second-order valence-corrected chi connectivity index (χ2v) is 4.97. The molecule has 0 saturated carbocycles. The van der Waals surface area contributed by atoms with Crippen LogP contribution in [-0.4, -0.2) is 64.1 Å². The summed E-state index contributed by atoms with van der Waals surface area (Å²) in [6, 6.07) is 0.437. The van der Waals surface area contributed by atoms with E-state index in [-0.39, 0.29) is 5.91 Å². The van der Waals surface area contributed by atoms with Crippen LogP contribution in [-0.2, 0) is 6.42 Å². The molecule has 1 fully saturated rings. The van der Waals surface area contributed by atoms with Gasteiger partial charge in [-0.2, -0.15) is 0 Å². The van der Waals surface area contributed by atoms with E-state index in [0.29, 0.717) is 11.9 Å². The number of likely N-dealkylation sites (N-methyl/N-ethyl adjacent to an activating group) is 1. The first-order valence-electron chi connectivity index (χ1n) is 6.48. The molecule has 0 aromatic carbocycles. The predicted molar refractivity (Wildman–Crippen MR) is 68.4 cm³/mol. The van der Waals surface area contributed by atoms with Crippen molar-refractivity contribution in [3.8, 4) is 0 Å². The van der Waals surface area contributed by atoms with E-state index < -0.39 is 0 Å². The lowest BCUT2D eigenvalue weighted by Gasteiger charge is -2.35. The van der Waals surface area contributed by atoms with Crippen LogP contribution in [0.4, 0.5) is 0 Å². The number of rotatable bonds is 3. The Morgan fingerprint density at radius 3 is 2.94 bits per heavy atom. The number of amides is 1. The summed E-state index contributed by atoms with van der Waals surface area (Å²) in [5.74, 6) is 1.00. The Morgan fingerprint density at radius 1 is 1.56 bits per heavy atom. The van der Waals surface area contributed by atoms with Gasteiger partial charge in [-0.15, -0.1) is 5.10 Å². The quantitative estimate of drug-likeness (QED) is 0.851. The molecule has 1 atom stereocenters. The van der Waals surface area contributed by atoms with E-state index >= 15 is 0 Å². The molecule has 1 unspecified atom stereocenters. The number of nitrogens with one attached hydrogen (secondary N) is 1. The zero-order valence-corrected chi connectivity index (χ0v) is 11.3. The summed E-state index contributed by atoms with van der Waals surface area (Å²) in [4.78, 5) is 20.5. The van der Waals surface area contributed by atoms with Crippen molar-refractivity contribution < 1.29 is 4.79 Å². The van der Waals surface area contributed by atoms with E-state index in [2.05, 4.69) is 34.2 Å². The Labute approximate surface area is 107 Å². The molecule has 18 heavy (non-hydrogen) atoms. The van der Waals surface area contributed by atoms with Gasteiger partial charge >= 0.3 is 0 Å². The number of aromatic amines is 1. The number of likely N-dealkylation sites (tertiary alicyclic amines) is 1. The molecule has 0 spiro atoms. The highest BCUT2D eigenvalue weighted by Crippen LogP contribution is 2.15. The number of carbonyl (C=O) groups excluding carboxylic acids is 1. The molecule has 1 aromatic rings. The number of aromatic nitrogens is 3. The molecule has 0 radical (unpaired) electrons. The van der Waals surface area contributed by atoms with Crippen LogP contribution >= 0.6 is 0 Å².